The van der Waals surface area contributed by atoms with Crippen molar-refractivity contribution < 1.29 is 43.3 Å². The van der Waals surface area contributed by atoms with Gasteiger partial charge in [0.1, 0.15) is 30.9 Å². The fourth-order valence-electron chi connectivity index (χ4n) is 11.2. The Kier molecular flexibility index (Phi) is 13.6. The van der Waals surface area contributed by atoms with E-state index in [4.69, 9.17) is 9.47 Å². The number of nitrogens with one attached hydrogen (secondary N) is 2. The number of hydrogen-bond acceptors (Lipinski definition) is 11. The number of benzene rings is 1. The van der Waals surface area contributed by atoms with Crippen LogP contribution in [0.5, 0.6) is 0 Å². The summed E-state index contributed by atoms with van der Waals surface area (Å²) in [4.78, 5) is 82.6. The number of cyclic esters (lactones) is 1. The van der Waals surface area contributed by atoms with E-state index in [0.29, 0.717) is 25.7 Å². The van der Waals surface area contributed by atoms with Gasteiger partial charge in [0.25, 0.3) is 0 Å². The summed E-state index contributed by atoms with van der Waals surface area (Å²) in [6.45, 7) is 15.1. The van der Waals surface area contributed by atoms with Crippen molar-refractivity contribution in [2.24, 2.45) is 28.1 Å². The van der Waals surface area contributed by atoms with E-state index in [0.717, 1.165) is 42.4 Å². The number of aryl methyl sites for hydroxylation is 1. The number of thioether (sulfide) groups is 1. The van der Waals surface area contributed by atoms with Crippen molar-refractivity contribution in [3.05, 3.63) is 58.5 Å². The molecule has 2 aliphatic heterocycles. The molecule has 2 saturated carbocycles. The number of esters is 1. The molecule has 3 N–H and O–H groups in total. The first-order valence-electron chi connectivity index (χ1n) is 22.6. The Morgan fingerprint density at radius 2 is 1.75 bits per heavy atom. The Hall–Kier alpha value is -3.85. The summed E-state index contributed by atoms with van der Waals surface area (Å²) in [5, 5.41) is 18.3. The number of carbonyl (C=O) groups is 6. The number of thiophene rings is 1. The molecule has 0 bridgehead atoms. The molecule has 2 saturated heterocycles. The van der Waals surface area contributed by atoms with Crippen LogP contribution in [0.25, 0.3) is 10.4 Å². The smallest absolute Gasteiger partial charge is 0.306 e. The minimum atomic E-state index is -1.05. The lowest BCUT2D eigenvalue weighted by atomic mass is 9.48. The standard InChI is InChI=1S/C49H65N3O9S2/c1-28-16-20-62-42(28)31-11-9-30(10-12-31)29(2)50-44(58)37-23-34(54)25-52(37)45(59)43(46(3,4)5)51-39(55)26-60-27-41(57)63-38-22-32-21-33(53)13-18-48(32,7)36-14-17-47(6,24-35(36)38)49(8)19-15-40(56)61-49/h9-12,16,20-21,29,34-38,43,54H,13-15,17-19,22-27H2,1-8H3,(H,50,58)(H,51,55)/t29-,34+,35?,36?,37-,38+,43+,47?,48?,49+/m0/s1. The number of aliphatic hydroxyl groups is 1. The molecule has 63 heavy (non-hydrogen) atoms. The number of aliphatic hydroxyl groups excluding tert-OH is 1. The molecule has 2 aromatic rings. The second-order valence-electron chi connectivity index (χ2n) is 20.6. The molecule has 4 fully saturated rings. The van der Waals surface area contributed by atoms with E-state index in [1.165, 1.54) is 27.1 Å². The number of hydrogen-bond donors (Lipinski definition) is 3. The quantitative estimate of drug-likeness (QED) is 0.185. The van der Waals surface area contributed by atoms with E-state index in [-0.39, 0.29) is 70.4 Å². The van der Waals surface area contributed by atoms with Crippen molar-refractivity contribution >= 4 is 57.7 Å². The van der Waals surface area contributed by atoms with Gasteiger partial charge in [0.2, 0.25) is 22.8 Å². The Morgan fingerprint density at radius 3 is 2.40 bits per heavy atom. The zero-order valence-electron chi connectivity index (χ0n) is 38.0. The molecule has 0 radical (unpaired) electrons. The maximum Gasteiger partial charge on any atom is 0.306 e. The summed E-state index contributed by atoms with van der Waals surface area (Å²) >= 11 is 2.90. The molecule has 3 heterocycles. The molecule has 342 valence electrons. The van der Waals surface area contributed by atoms with Crippen LogP contribution >= 0.6 is 23.1 Å². The molecule has 4 unspecified atom stereocenters. The van der Waals surface area contributed by atoms with Crippen LogP contribution in [0.3, 0.4) is 0 Å². The first-order chi connectivity index (χ1) is 29.6. The van der Waals surface area contributed by atoms with Gasteiger partial charge in [-0.05, 0) is 116 Å². The average Bonchev–Trinajstić information content (AvgIpc) is 3.94. The monoisotopic (exact) mass is 903 g/mol. The fraction of sp³-hybridized carbons (Fsp3) is 0.633. The number of ketones is 1. The van der Waals surface area contributed by atoms with E-state index in [9.17, 15) is 33.9 Å². The lowest BCUT2D eigenvalue weighted by Gasteiger charge is -2.59. The van der Waals surface area contributed by atoms with Crippen LogP contribution in [0.4, 0.5) is 0 Å². The molecule has 5 aliphatic rings. The van der Waals surface area contributed by atoms with E-state index in [1.54, 1.807) is 11.3 Å². The van der Waals surface area contributed by atoms with Gasteiger partial charge in [-0.2, -0.15) is 0 Å². The van der Waals surface area contributed by atoms with Crippen molar-refractivity contribution in [1.82, 2.24) is 15.5 Å². The molecule has 10 atom stereocenters. The van der Waals surface area contributed by atoms with Crippen LogP contribution in [-0.4, -0.2) is 93.4 Å². The SMILES string of the molecule is Cc1ccsc1-c1ccc([C@H](C)NC(=O)[C@@H]2C[C@@H](O)CN2C(=O)[C@@H](NC(=O)COCC(=O)S[C@@H]2CC3=CC(=O)CCC3(C)C3CCC(C)([C@@]4(C)CCC(=O)O4)CC32)C(C)(C)C)cc1. The Morgan fingerprint density at radius 1 is 1.02 bits per heavy atom. The zero-order chi connectivity index (χ0) is 45.6. The fourth-order valence-corrected chi connectivity index (χ4v) is 13.3. The highest BCUT2D eigenvalue weighted by Gasteiger charge is 2.60. The number of amides is 3. The van der Waals surface area contributed by atoms with Crippen LogP contribution in [0.1, 0.15) is 123 Å². The van der Waals surface area contributed by atoms with Crippen LogP contribution in [0.2, 0.25) is 0 Å². The third-order valence-corrected chi connectivity index (χ3v) is 17.5. The van der Waals surface area contributed by atoms with E-state index < -0.39 is 53.5 Å². The van der Waals surface area contributed by atoms with E-state index in [2.05, 4.69) is 49.8 Å². The number of rotatable bonds is 12. The van der Waals surface area contributed by atoms with Crippen LogP contribution < -0.4 is 10.6 Å². The van der Waals surface area contributed by atoms with E-state index in [1.807, 2.05) is 58.0 Å². The number of likely N-dealkylation sites (tertiary alicyclic amines) is 1. The predicted molar refractivity (Wildman–Crippen MR) is 243 cm³/mol. The van der Waals surface area contributed by atoms with Crippen molar-refractivity contribution in [2.75, 3.05) is 19.8 Å². The number of ether oxygens (including phenoxy) is 2. The summed E-state index contributed by atoms with van der Waals surface area (Å²) in [5.41, 5.74) is 2.58. The minimum absolute atomic E-state index is 0.0540. The molecular weight excluding hydrogens is 839 g/mol. The molecule has 12 nitrogen and oxygen atoms in total. The van der Waals surface area contributed by atoms with Crippen molar-refractivity contribution in [1.29, 1.82) is 0 Å². The first-order valence-corrected chi connectivity index (χ1v) is 24.3. The Bertz CT molecular complexity index is 2150. The van der Waals surface area contributed by atoms with Crippen molar-refractivity contribution in [3.8, 4) is 10.4 Å². The first kappa shape index (κ1) is 47.1. The zero-order valence-corrected chi connectivity index (χ0v) is 39.7. The third kappa shape index (κ3) is 9.75. The Labute approximate surface area is 380 Å². The van der Waals surface area contributed by atoms with Crippen molar-refractivity contribution in [2.45, 2.75) is 148 Å². The van der Waals surface area contributed by atoms with Gasteiger partial charge >= 0.3 is 5.97 Å². The Balaban J connectivity index is 0.956. The maximum atomic E-state index is 14.2. The van der Waals surface area contributed by atoms with Gasteiger partial charge in [-0.3, -0.25) is 28.8 Å². The molecule has 0 spiro atoms. The maximum absolute atomic E-state index is 14.2. The van der Waals surface area contributed by atoms with E-state index >= 15 is 0 Å². The topological polar surface area (TPSA) is 168 Å². The van der Waals surface area contributed by atoms with Gasteiger partial charge in [0.05, 0.1) is 12.1 Å². The van der Waals surface area contributed by atoms with Crippen LogP contribution in [0.15, 0.2) is 47.4 Å². The molecule has 7 rings (SSSR count). The van der Waals surface area contributed by atoms with Gasteiger partial charge in [-0.25, -0.2) is 0 Å². The predicted octanol–water partition coefficient (Wildman–Crippen LogP) is 7.26. The molecule has 1 aromatic heterocycles. The van der Waals surface area contributed by atoms with Crippen LogP contribution in [0, 0.1) is 35.0 Å². The van der Waals surface area contributed by atoms with Gasteiger partial charge in [-0.1, -0.05) is 76.2 Å². The van der Waals surface area contributed by atoms with Gasteiger partial charge in [0.15, 0.2) is 5.78 Å². The highest BCUT2D eigenvalue weighted by atomic mass is 32.2. The molecular formula is C49H65N3O9S2. The van der Waals surface area contributed by atoms with Crippen molar-refractivity contribution in [3.63, 3.8) is 0 Å². The lowest BCUT2D eigenvalue weighted by molar-refractivity contribution is -0.165. The molecule has 1 aromatic carbocycles. The number of carbonyl (C=O) groups excluding carboxylic acids is 6. The number of fused-ring (bicyclic) bond motifs is 3. The highest BCUT2D eigenvalue weighted by molar-refractivity contribution is 8.14. The van der Waals surface area contributed by atoms with Gasteiger partial charge in [-0.15, -0.1) is 11.3 Å². The van der Waals surface area contributed by atoms with Gasteiger partial charge < -0.3 is 30.1 Å². The van der Waals surface area contributed by atoms with Crippen LogP contribution in [-0.2, 0) is 38.2 Å². The second-order valence-corrected chi connectivity index (χ2v) is 22.8. The largest absolute Gasteiger partial charge is 0.459 e. The normalized spacial score (nSPS) is 31.6. The number of nitrogens with zero attached hydrogens (tertiary/aromatic N) is 1. The summed E-state index contributed by atoms with van der Waals surface area (Å²) in [6, 6.07) is 7.76. The molecule has 14 heteroatoms. The molecule has 3 aliphatic carbocycles. The summed E-state index contributed by atoms with van der Waals surface area (Å²) in [6.07, 6.45) is 6.57. The summed E-state index contributed by atoms with van der Waals surface area (Å²) < 4.78 is 11.7. The summed E-state index contributed by atoms with van der Waals surface area (Å²) in [7, 11) is 0. The second kappa shape index (κ2) is 18.2. The molecule has 3 amide bonds. The number of allylic oxidation sites excluding steroid dienone is 2. The summed E-state index contributed by atoms with van der Waals surface area (Å²) in [5.74, 6) is -1.08. The third-order valence-electron chi connectivity index (χ3n) is 15.2. The number of β-amino-alcohol motifs (C(OH)–C–C–N with tert-alkyl or cyclic N) is 1. The average molecular weight is 904 g/mol. The lowest BCUT2D eigenvalue weighted by Crippen LogP contribution is -2.58. The minimum Gasteiger partial charge on any atom is -0.459 e. The highest BCUT2D eigenvalue weighted by Crippen LogP contribution is 2.64. The van der Waals surface area contributed by atoms with Gasteiger partial charge in [0, 0.05) is 41.3 Å².